The summed E-state index contributed by atoms with van der Waals surface area (Å²) in [6, 6.07) is 12.4. The summed E-state index contributed by atoms with van der Waals surface area (Å²) in [5.74, 6) is 0.364. The quantitative estimate of drug-likeness (QED) is 0.815. The van der Waals surface area contributed by atoms with Crippen LogP contribution in [-0.2, 0) is 6.42 Å². The summed E-state index contributed by atoms with van der Waals surface area (Å²) in [7, 11) is 0. The second kappa shape index (κ2) is 5.49. The van der Waals surface area contributed by atoms with Crippen LogP contribution in [0.15, 0.2) is 40.9 Å². The summed E-state index contributed by atoms with van der Waals surface area (Å²) in [6.45, 7) is 2.12. The molecule has 0 amide bonds. The van der Waals surface area contributed by atoms with Gasteiger partial charge >= 0.3 is 0 Å². The second-order valence-electron chi connectivity index (χ2n) is 5.43. The molecule has 0 aromatic heterocycles. The van der Waals surface area contributed by atoms with E-state index in [1.165, 1.54) is 22.4 Å². The van der Waals surface area contributed by atoms with E-state index in [2.05, 4.69) is 52.4 Å². The Balaban J connectivity index is 1.91. The van der Waals surface area contributed by atoms with E-state index < -0.39 is 0 Å². The molecule has 0 heterocycles. The number of hydrogen-bond acceptors (Lipinski definition) is 2. The van der Waals surface area contributed by atoms with Crippen LogP contribution in [0.1, 0.15) is 35.6 Å². The van der Waals surface area contributed by atoms with Crippen molar-refractivity contribution in [2.24, 2.45) is 0 Å². The van der Waals surface area contributed by atoms with Crippen LogP contribution in [0.3, 0.4) is 0 Å². The normalized spacial score (nSPS) is 17.6. The smallest absolute Gasteiger partial charge is 0.115 e. The monoisotopic (exact) mass is 331 g/mol. The molecule has 0 saturated heterocycles. The van der Waals surface area contributed by atoms with Gasteiger partial charge in [-0.2, -0.15) is 0 Å². The molecule has 2 N–H and O–H groups in total. The average Bonchev–Trinajstić information content (AvgIpc) is 2.43. The summed E-state index contributed by atoms with van der Waals surface area (Å²) in [6.07, 6.45) is 3.34. The first-order valence-electron chi connectivity index (χ1n) is 6.98. The van der Waals surface area contributed by atoms with Crippen molar-refractivity contribution in [1.82, 2.24) is 0 Å². The summed E-state index contributed by atoms with van der Waals surface area (Å²) >= 11 is 3.53. The Kier molecular flexibility index (Phi) is 3.70. The van der Waals surface area contributed by atoms with E-state index in [9.17, 15) is 5.11 Å². The SMILES string of the molecule is Cc1ccc(Br)cc1NC1CCCc2cc(O)ccc21. The molecule has 3 rings (SSSR count). The number of aromatic hydroxyl groups is 1. The number of anilines is 1. The van der Waals surface area contributed by atoms with Crippen LogP contribution in [0.5, 0.6) is 5.75 Å². The maximum absolute atomic E-state index is 9.62. The Hall–Kier alpha value is -1.48. The maximum atomic E-state index is 9.62. The largest absolute Gasteiger partial charge is 0.508 e. The molecule has 2 nitrogen and oxygen atoms in total. The third kappa shape index (κ3) is 2.68. The minimum absolute atomic E-state index is 0.326. The first-order chi connectivity index (χ1) is 9.63. The van der Waals surface area contributed by atoms with E-state index in [-0.39, 0.29) is 0 Å². The van der Waals surface area contributed by atoms with Crippen LogP contribution >= 0.6 is 15.9 Å². The lowest BCUT2D eigenvalue weighted by Crippen LogP contribution is -2.17. The number of benzene rings is 2. The number of fused-ring (bicyclic) bond motifs is 1. The van der Waals surface area contributed by atoms with Crippen molar-refractivity contribution in [3.8, 4) is 5.75 Å². The molecular formula is C17H18BrNO. The van der Waals surface area contributed by atoms with Crippen molar-refractivity contribution in [2.75, 3.05) is 5.32 Å². The van der Waals surface area contributed by atoms with Gasteiger partial charge < -0.3 is 10.4 Å². The zero-order valence-electron chi connectivity index (χ0n) is 11.5. The van der Waals surface area contributed by atoms with Crippen LogP contribution in [0.4, 0.5) is 5.69 Å². The van der Waals surface area contributed by atoms with Crippen LogP contribution < -0.4 is 5.32 Å². The molecule has 0 spiro atoms. The molecule has 0 saturated carbocycles. The molecule has 1 aliphatic rings. The van der Waals surface area contributed by atoms with Gasteiger partial charge in [-0.3, -0.25) is 0 Å². The molecule has 1 unspecified atom stereocenters. The molecule has 20 heavy (non-hydrogen) atoms. The van der Waals surface area contributed by atoms with Gasteiger partial charge in [0.2, 0.25) is 0 Å². The molecule has 2 aromatic carbocycles. The van der Waals surface area contributed by atoms with Crippen molar-refractivity contribution in [2.45, 2.75) is 32.2 Å². The lowest BCUT2D eigenvalue weighted by molar-refractivity contribution is 0.472. The highest BCUT2D eigenvalue weighted by atomic mass is 79.9. The van der Waals surface area contributed by atoms with Gasteiger partial charge in [-0.1, -0.05) is 28.1 Å². The van der Waals surface area contributed by atoms with Crippen LogP contribution in [0.2, 0.25) is 0 Å². The second-order valence-corrected chi connectivity index (χ2v) is 6.35. The van der Waals surface area contributed by atoms with Crippen molar-refractivity contribution in [3.05, 3.63) is 57.6 Å². The van der Waals surface area contributed by atoms with Gasteiger partial charge in [0.15, 0.2) is 0 Å². The third-order valence-corrected chi connectivity index (χ3v) is 4.46. The topological polar surface area (TPSA) is 32.3 Å². The van der Waals surface area contributed by atoms with Gasteiger partial charge in [0, 0.05) is 10.2 Å². The standard InChI is InChI=1S/C17H18BrNO/c1-11-5-6-13(18)10-17(11)19-16-4-2-3-12-9-14(20)7-8-15(12)16/h5-10,16,19-20H,2-4H2,1H3. The number of hydrogen-bond donors (Lipinski definition) is 2. The van der Waals surface area contributed by atoms with Gasteiger partial charge in [0.1, 0.15) is 5.75 Å². The molecule has 0 fully saturated rings. The summed E-state index contributed by atoms with van der Waals surface area (Å²) < 4.78 is 1.09. The zero-order chi connectivity index (χ0) is 14.1. The highest BCUT2D eigenvalue weighted by Gasteiger charge is 2.20. The van der Waals surface area contributed by atoms with Gasteiger partial charge in [-0.25, -0.2) is 0 Å². The number of phenolic OH excluding ortho intramolecular Hbond substituents is 1. The Morgan fingerprint density at radius 2 is 2.05 bits per heavy atom. The van der Waals surface area contributed by atoms with Crippen molar-refractivity contribution < 1.29 is 5.11 Å². The van der Waals surface area contributed by atoms with Crippen molar-refractivity contribution >= 4 is 21.6 Å². The number of aryl methyl sites for hydroxylation is 2. The molecular weight excluding hydrogens is 314 g/mol. The minimum atomic E-state index is 0.326. The predicted octanol–water partition coefficient (Wildman–Crippen LogP) is 4.95. The Morgan fingerprint density at radius 3 is 2.90 bits per heavy atom. The fraction of sp³-hybridized carbons (Fsp3) is 0.294. The fourth-order valence-electron chi connectivity index (χ4n) is 2.89. The van der Waals surface area contributed by atoms with Gasteiger partial charge in [-0.05, 0) is 67.1 Å². The van der Waals surface area contributed by atoms with E-state index in [1.54, 1.807) is 6.07 Å². The first-order valence-corrected chi connectivity index (χ1v) is 7.77. The maximum Gasteiger partial charge on any atom is 0.115 e. The van der Waals surface area contributed by atoms with E-state index in [4.69, 9.17) is 0 Å². The Labute approximate surface area is 128 Å². The molecule has 1 atom stereocenters. The molecule has 3 heteroatoms. The summed E-state index contributed by atoms with van der Waals surface area (Å²) in [5, 5.41) is 13.3. The Morgan fingerprint density at radius 1 is 1.20 bits per heavy atom. The van der Waals surface area contributed by atoms with Gasteiger partial charge in [0.25, 0.3) is 0 Å². The van der Waals surface area contributed by atoms with E-state index in [0.29, 0.717) is 11.8 Å². The number of rotatable bonds is 2. The lowest BCUT2D eigenvalue weighted by atomic mass is 9.87. The van der Waals surface area contributed by atoms with Gasteiger partial charge in [-0.15, -0.1) is 0 Å². The molecule has 0 radical (unpaired) electrons. The molecule has 2 aromatic rings. The highest BCUT2D eigenvalue weighted by Crippen LogP contribution is 2.35. The minimum Gasteiger partial charge on any atom is -0.508 e. The number of phenols is 1. The van der Waals surface area contributed by atoms with Crippen molar-refractivity contribution in [3.63, 3.8) is 0 Å². The summed E-state index contributed by atoms with van der Waals surface area (Å²) in [4.78, 5) is 0. The highest BCUT2D eigenvalue weighted by molar-refractivity contribution is 9.10. The van der Waals surface area contributed by atoms with Crippen LogP contribution in [0.25, 0.3) is 0 Å². The lowest BCUT2D eigenvalue weighted by Gasteiger charge is -2.28. The first kappa shape index (κ1) is 13.5. The zero-order valence-corrected chi connectivity index (χ0v) is 13.1. The van der Waals surface area contributed by atoms with Gasteiger partial charge in [0.05, 0.1) is 6.04 Å². The van der Waals surface area contributed by atoms with Crippen molar-refractivity contribution in [1.29, 1.82) is 0 Å². The molecule has 1 aliphatic carbocycles. The van der Waals surface area contributed by atoms with Crippen LogP contribution in [-0.4, -0.2) is 5.11 Å². The number of halogens is 1. The third-order valence-electron chi connectivity index (χ3n) is 3.97. The molecule has 0 aliphatic heterocycles. The average molecular weight is 332 g/mol. The van der Waals surface area contributed by atoms with E-state index >= 15 is 0 Å². The fourth-order valence-corrected chi connectivity index (χ4v) is 3.25. The number of nitrogens with one attached hydrogen (secondary N) is 1. The Bertz CT molecular complexity index is 639. The summed E-state index contributed by atoms with van der Waals surface area (Å²) in [5.41, 5.74) is 5.00. The van der Waals surface area contributed by atoms with E-state index in [0.717, 1.165) is 23.7 Å². The van der Waals surface area contributed by atoms with Crippen LogP contribution in [0, 0.1) is 6.92 Å². The van der Waals surface area contributed by atoms with E-state index in [1.807, 2.05) is 6.07 Å². The molecule has 104 valence electrons. The predicted molar refractivity (Wildman–Crippen MR) is 86.3 cm³/mol. The molecule has 0 bridgehead atoms.